The first-order valence-corrected chi connectivity index (χ1v) is 6.42. The zero-order valence-corrected chi connectivity index (χ0v) is 11.7. The van der Waals surface area contributed by atoms with E-state index in [1.165, 1.54) is 11.1 Å². The molecule has 0 fully saturated rings. The van der Waals surface area contributed by atoms with E-state index >= 15 is 0 Å². The Morgan fingerprint density at radius 3 is 2.35 bits per heavy atom. The number of aryl methyl sites for hydroxylation is 1. The summed E-state index contributed by atoms with van der Waals surface area (Å²) < 4.78 is 0. The maximum Gasteiger partial charge on any atom is 0.160 e. The highest BCUT2D eigenvalue weighted by molar-refractivity contribution is 5.96. The largest absolute Gasteiger partial charge is 0.295 e. The number of Topliss-reactive ketones (excluding diaryl/α,β-unsaturated/α-hetero) is 1. The van der Waals surface area contributed by atoms with Crippen molar-refractivity contribution < 1.29 is 4.79 Å². The average molecular weight is 230 g/mol. The molecule has 2 atom stereocenters. The molecule has 92 valence electrons. The van der Waals surface area contributed by atoms with Crippen LogP contribution in [0.5, 0.6) is 0 Å². The average Bonchev–Trinajstić information content (AvgIpc) is 2.39. The van der Waals surface area contributed by atoms with Crippen LogP contribution in [0, 0.1) is 12.8 Å². The lowest BCUT2D eigenvalue weighted by molar-refractivity contribution is 0.101. The molecule has 1 aromatic rings. The summed E-state index contributed by atoms with van der Waals surface area (Å²) in [6, 6.07) is 4.36. The Balaban J connectivity index is 2.69. The van der Waals surface area contributed by atoms with Gasteiger partial charge in [-0.05, 0) is 53.9 Å². The highest BCUT2D eigenvalue weighted by Crippen LogP contribution is 2.50. The highest BCUT2D eigenvalue weighted by atomic mass is 16.1. The van der Waals surface area contributed by atoms with Crippen molar-refractivity contribution >= 4 is 5.78 Å². The van der Waals surface area contributed by atoms with E-state index in [9.17, 15) is 4.79 Å². The Kier molecular flexibility index (Phi) is 2.68. The van der Waals surface area contributed by atoms with Gasteiger partial charge in [0.05, 0.1) is 0 Å². The summed E-state index contributed by atoms with van der Waals surface area (Å²) in [4.78, 5) is 11.6. The van der Waals surface area contributed by atoms with Crippen molar-refractivity contribution in [3.05, 3.63) is 34.4 Å². The molecule has 0 unspecified atom stereocenters. The van der Waals surface area contributed by atoms with Crippen molar-refractivity contribution in [3.8, 4) is 0 Å². The van der Waals surface area contributed by atoms with Crippen molar-refractivity contribution in [2.75, 3.05) is 0 Å². The predicted octanol–water partition coefficient (Wildman–Crippen LogP) is 4.23. The van der Waals surface area contributed by atoms with E-state index in [1.54, 1.807) is 6.92 Å². The molecule has 1 aliphatic carbocycles. The van der Waals surface area contributed by atoms with Gasteiger partial charge >= 0.3 is 0 Å². The van der Waals surface area contributed by atoms with Gasteiger partial charge in [-0.1, -0.05) is 33.8 Å². The van der Waals surface area contributed by atoms with Crippen LogP contribution < -0.4 is 0 Å². The zero-order chi connectivity index (χ0) is 13.0. The van der Waals surface area contributed by atoms with E-state index in [-0.39, 0.29) is 11.2 Å². The monoisotopic (exact) mass is 230 g/mol. The van der Waals surface area contributed by atoms with Crippen LogP contribution in [-0.2, 0) is 5.41 Å². The summed E-state index contributed by atoms with van der Waals surface area (Å²) in [5.41, 5.74) is 4.98. The molecule has 0 N–H and O–H groups in total. The predicted molar refractivity (Wildman–Crippen MR) is 71.8 cm³/mol. The normalized spacial score (nSPS) is 25.8. The molecule has 0 saturated heterocycles. The van der Waals surface area contributed by atoms with Crippen LogP contribution in [0.1, 0.15) is 67.6 Å². The summed E-state index contributed by atoms with van der Waals surface area (Å²) in [5.74, 6) is 1.38. The molecule has 0 aliphatic heterocycles. The maximum atomic E-state index is 11.6. The third-order valence-corrected chi connectivity index (χ3v) is 4.85. The second-order valence-corrected chi connectivity index (χ2v) is 6.11. The summed E-state index contributed by atoms with van der Waals surface area (Å²) in [6.45, 7) is 12.9. The summed E-state index contributed by atoms with van der Waals surface area (Å²) >= 11 is 0. The number of benzene rings is 1. The molecule has 1 nitrogen and oxygen atoms in total. The van der Waals surface area contributed by atoms with Crippen LogP contribution in [0.2, 0.25) is 0 Å². The number of hydrogen-bond acceptors (Lipinski definition) is 1. The number of rotatable bonds is 1. The van der Waals surface area contributed by atoms with E-state index in [4.69, 9.17) is 0 Å². The van der Waals surface area contributed by atoms with Gasteiger partial charge in [0.1, 0.15) is 0 Å². The van der Waals surface area contributed by atoms with Crippen LogP contribution in [-0.4, -0.2) is 5.78 Å². The van der Waals surface area contributed by atoms with Gasteiger partial charge in [0, 0.05) is 5.56 Å². The summed E-state index contributed by atoms with van der Waals surface area (Å²) in [5, 5.41) is 0. The minimum Gasteiger partial charge on any atom is -0.295 e. The van der Waals surface area contributed by atoms with Gasteiger partial charge in [0.2, 0.25) is 0 Å². The second kappa shape index (κ2) is 3.69. The number of carbonyl (C=O) groups excluding carboxylic acids is 1. The minimum absolute atomic E-state index is 0.173. The van der Waals surface area contributed by atoms with Crippen LogP contribution >= 0.6 is 0 Å². The minimum atomic E-state index is 0.173. The molecule has 0 amide bonds. The third-order valence-electron chi connectivity index (χ3n) is 4.85. The van der Waals surface area contributed by atoms with Crippen molar-refractivity contribution in [1.29, 1.82) is 0 Å². The van der Waals surface area contributed by atoms with Gasteiger partial charge in [-0.15, -0.1) is 0 Å². The van der Waals surface area contributed by atoms with Crippen molar-refractivity contribution in [2.45, 2.75) is 52.9 Å². The van der Waals surface area contributed by atoms with E-state index in [1.807, 2.05) is 6.92 Å². The topological polar surface area (TPSA) is 17.1 Å². The maximum absolute atomic E-state index is 11.6. The van der Waals surface area contributed by atoms with Crippen LogP contribution in [0.3, 0.4) is 0 Å². The Hall–Kier alpha value is -1.11. The van der Waals surface area contributed by atoms with Crippen molar-refractivity contribution in [2.24, 2.45) is 5.92 Å². The molecule has 1 aliphatic rings. The van der Waals surface area contributed by atoms with E-state index < -0.39 is 0 Å². The van der Waals surface area contributed by atoms with Gasteiger partial charge in [0.15, 0.2) is 5.78 Å². The number of ketones is 1. The first-order valence-electron chi connectivity index (χ1n) is 6.42. The lowest BCUT2D eigenvalue weighted by atomic mass is 9.77. The smallest absolute Gasteiger partial charge is 0.160 e. The molecule has 2 rings (SSSR count). The van der Waals surface area contributed by atoms with E-state index in [0.29, 0.717) is 11.8 Å². The third kappa shape index (κ3) is 1.64. The van der Waals surface area contributed by atoms with Crippen molar-refractivity contribution in [1.82, 2.24) is 0 Å². The molecule has 0 heterocycles. The first kappa shape index (κ1) is 12.3. The second-order valence-electron chi connectivity index (χ2n) is 6.11. The molecule has 17 heavy (non-hydrogen) atoms. The van der Waals surface area contributed by atoms with Gasteiger partial charge < -0.3 is 0 Å². The zero-order valence-electron chi connectivity index (χ0n) is 11.7. The fraction of sp³-hybridized carbons (Fsp3) is 0.562. The summed E-state index contributed by atoms with van der Waals surface area (Å²) in [7, 11) is 0. The standard InChI is InChI=1S/C16H22O/c1-9-7-14-10(2)11(3)16(5,6)15(14)8-13(9)12(4)17/h7-8,10-11H,1-6H3/t10-,11+/m1/s1. The van der Waals surface area contributed by atoms with Crippen LogP contribution in [0.15, 0.2) is 12.1 Å². The number of carbonyl (C=O) groups is 1. The van der Waals surface area contributed by atoms with Crippen LogP contribution in [0.25, 0.3) is 0 Å². The van der Waals surface area contributed by atoms with Gasteiger partial charge in [-0.2, -0.15) is 0 Å². The lowest BCUT2D eigenvalue weighted by Gasteiger charge is -2.27. The SMILES string of the molecule is CC(=O)c1cc2c(cc1C)[C@H](C)[C@H](C)C2(C)C. The number of hydrogen-bond donors (Lipinski definition) is 0. The van der Waals surface area contributed by atoms with Crippen molar-refractivity contribution in [3.63, 3.8) is 0 Å². The molecule has 0 spiro atoms. The quantitative estimate of drug-likeness (QED) is 0.660. The molecule has 0 aromatic heterocycles. The van der Waals surface area contributed by atoms with E-state index in [2.05, 4.69) is 39.8 Å². The van der Waals surface area contributed by atoms with Crippen LogP contribution in [0.4, 0.5) is 0 Å². The Labute approximate surface area is 104 Å². The molecule has 0 bridgehead atoms. The Morgan fingerprint density at radius 1 is 1.24 bits per heavy atom. The highest BCUT2D eigenvalue weighted by Gasteiger charge is 2.41. The Morgan fingerprint density at radius 2 is 1.82 bits per heavy atom. The fourth-order valence-corrected chi connectivity index (χ4v) is 3.18. The molecule has 1 aromatic carbocycles. The van der Waals surface area contributed by atoms with Gasteiger partial charge in [-0.3, -0.25) is 4.79 Å². The molecule has 1 heteroatoms. The molecular weight excluding hydrogens is 208 g/mol. The molecule has 0 radical (unpaired) electrons. The van der Waals surface area contributed by atoms with E-state index in [0.717, 1.165) is 11.1 Å². The fourth-order valence-electron chi connectivity index (χ4n) is 3.18. The molecular formula is C16H22O. The summed E-state index contributed by atoms with van der Waals surface area (Å²) in [6.07, 6.45) is 0. The first-order chi connectivity index (χ1) is 7.76. The lowest BCUT2D eigenvalue weighted by Crippen LogP contribution is -2.22. The molecule has 0 saturated carbocycles. The van der Waals surface area contributed by atoms with Gasteiger partial charge in [0.25, 0.3) is 0 Å². The van der Waals surface area contributed by atoms with Gasteiger partial charge in [-0.25, -0.2) is 0 Å². The Bertz CT molecular complexity index is 483. The number of fused-ring (bicyclic) bond motifs is 1.